The predicted octanol–water partition coefficient (Wildman–Crippen LogP) is 8.14. The highest BCUT2D eigenvalue weighted by atomic mass is 16.1. The summed E-state index contributed by atoms with van der Waals surface area (Å²) in [4.78, 5) is 16.8. The summed E-state index contributed by atoms with van der Waals surface area (Å²) in [5.74, 6) is 0.115. The summed E-state index contributed by atoms with van der Waals surface area (Å²) in [6.07, 6.45) is 30.5. The molecule has 0 spiro atoms. The minimum Gasteiger partial charge on any atom is -0.287 e. The van der Waals surface area contributed by atoms with E-state index in [4.69, 9.17) is 0 Å². The molecule has 0 atom stereocenters. The van der Waals surface area contributed by atoms with E-state index in [0.717, 1.165) is 17.7 Å². The second-order valence-electron chi connectivity index (χ2n) is 9.23. The van der Waals surface area contributed by atoms with E-state index in [2.05, 4.69) is 24.1 Å². The molecule has 0 saturated heterocycles. The number of benzene rings is 1. The first kappa shape index (κ1) is 27.0. The normalized spacial score (nSPS) is 11.3. The Balaban J connectivity index is 1.48. The Morgan fingerprint density at radius 1 is 0.818 bits per heavy atom. The molecule has 0 aliphatic carbocycles. The Labute approximate surface area is 202 Å². The topological polar surface area (TPSA) is 33.8 Å². The zero-order chi connectivity index (χ0) is 23.4. The highest BCUT2D eigenvalue weighted by Gasteiger charge is 2.11. The van der Waals surface area contributed by atoms with Gasteiger partial charge in [-0.15, -0.1) is 0 Å². The number of carbonyl (C=O) groups excluding carboxylic acids is 1. The second kappa shape index (κ2) is 18.2. The Morgan fingerprint density at radius 3 is 2.00 bits per heavy atom. The van der Waals surface area contributed by atoms with Gasteiger partial charge < -0.3 is 0 Å². The maximum Gasteiger partial charge on any atom is 0.227 e. The van der Waals surface area contributed by atoms with Crippen molar-refractivity contribution in [3.05, 3.63) is 66.3 Å². The quantitative estimate of drug-likeness (QED) is 0.123. The fourth-order valence-electron chi connectivity index (χ4n) is 4.18. The summed E-state index contributed by atoms with van der Waals surface area (Å²) in [6.45, 7) is 2.62. The maximum atomic E-state index is 12.4. The van der Waals surface area contributed by atoms with Crippen molar-refractivity contribution in [2.24, 2.45) is 0 Å². The SMILES string of the molecule is CCCCCCCCCCCCCCCCC=Cc1c[n+](CC(=O)c2ccccc2)ccn1. The molecule has 2 rings (SSSR count). The zero-order valence-corrected chi connectivity index (χ0v) is 20.9. The van der Waals surface area contributed by atoms with Crippen molar-refractivity contribution in [3.63, 3.8) is 0 Å². The fourth-order valence-corrected chi connectivity index (χ4v) is 4.18. The Hall–Kier alpha value is -2.29. The average molecular weight is 450 g/mol. The molecule has 1 aromatic carbocycles. The number of nitrogens with zero attached hydrogens (tertiary/aromatic N) is 2. The van der Waals surface area contributed by atoms with E-state index in [9.17, 15) is 4.79 Å². The molecule has 3 heteroatoms. The van der Waals surface area contributed by atoms with E-state index in [-0.39, 0.29) is 5.78 Å². The number of unbranched alkanes of at least 4 members (excludes halogenated alkanes) is 14. The van der Waals surface area contributed by atoms with E-state index in [1.54, 1.807) is 6.20 Å². The van der Waals surface area contributed by atoms with Crippen LogP contribution in [-0.4, -0.2) is 10.8 Å². The Morgan fingerprint density at radius 2 is 1.39 bits per heavy atom. The van der Waals surface area contributed by atoms with Crippen LogP contribution in [0.2, 0.25) is 0 Å². The molecule has 0 bridgehead atoms. The van der Waals surface area contributed by atoms with Crippen molar-refractivity contribution >= 4 is 11.9 Å². The molecule has 0 unspecified atom stereocenters. The molecule has 3 nitrogen and oxygen atoms in total. The van der Waals surface area contributed by atoms with Gasteiger partial charge in [0.05, 0.1) is 6.20 Å². The van der Waals surface area contributed by atoms with E-state index in [1.807, 2.05) is 47.3 Å². The maximum absolute atomic E-state index is 12.4. The first-order valence-corrected chi connectivity index (χ1v) is 13.4. The zero-order valence-electron chi connectivity index (χ0n) is 20.9. The van der Waals surface area contributed by atoms with Gasteiger partial charge in [0, 0.05) is 5.56 Å². The van der Waals surface area contributed by atoms with Crippen molar-refractivity contribution < 1.29 is 9.36 Å². The van der Waals surface area contributed by atoms with Gasteiger partial charge in [-0.25, -0.2) is 4.98 Å². The highest BCUT2D eigenvalue weighted by Crippen LogP contribution is 2.13. The van der Waals surface area contributed by atoms with Crippen LogP contribution in [-0.2, 0) is 6.54 Å². The number of hydrogen-bond donors (Lipinski definition) is 0. The molecule has 0 N–H and O–H groups in total. The van der Waals surface area contributed by atoms with Crippen LogP contribution in [0, 0.1) is 0 Å². The summed E-state index contributed by atoms with van der Waals surface area (Å²) >= 11 is 0. The lowest BCUT2D eigenvalue weighted by Crippen LogP contribution is -2.37. The Bertz CT molecular complexity index is 785. The molecule has 0 radical (unpaired) electrons. The lowest BCUT2D eigenvalue weighted by Gasteiger charge is -2.02. The van der Waals surface area contributed by atoms with Gasteiger partial charge in [-0.3, -0.25) is 4.79 Å². The molecule has 1 heterocycles. The third-order valence-corrected chi connectivity index (χ3v) is 6.21. The monoisotopic (exact) mass is 449 g/mol. The smallest absolute Gasteiger partial charge is 0.227 e. The van der Waals surface area contributed by atoms with E-state index in [0.29, 0.717) is 6.54 Å². The molecule has 33 heavy (non-hydrogen) atoms. The average Bonchev–Trinajstić information content (AvgIpc) is 2.84. The van der Waals surface area contributed by atoms with Crippen molar-refractivity contribution in [1.29, 1.82) is 0 Å². The molecule has 2 aromatic rings. The summed E-state index contributed by atoms with van der Waals surface area (Å²) < 4.78 is 1.91. The van der Waals surface area contributed by atoms with Crippen molar-refractivity contribution in [3.8, 4) is 0 Å². The van der Waals surface area contributed by atoms with Gasteiger partial charge in [-0.2, -0.15) is 4.57 Å². The van der Waals surface area contributed by atoms with Crippen LogP contribution in [0.1, 0.15) is 119 Å². The van der Waals surface area contributed by atoms with Gasteiger partial charge in [0.15, 0.2) is 12.4 Å². The summed E-state index contributed by atoms with van der Waals surface area (Å²) in [7, 11) is 0. The van der Waals surface area contributed by atoms with Crippen LogP contribution in [0.15, 0.2) is 55.0 Å². The number of ketones is 1. The molecular formula is C30H45N2O+. The largest absolute Gasteiger partial charge is 0.287 e. The van der Waals surface area contributed by atoms with Crippen LogP contribution < -0.4 is 4.57 Å². The van der Waals surface area contributed by atoms with E-state index >= 15 is 0 Å². The van der Waals surface area contributed by atoms with Gasteiger partial charge in [0.25, 0.3) is 0 Å². The molecule has 0 saturated carbocycles. The van der Waals surface area contributed by atoms with Crippen molar-refractivity contribution in [2.75, 3.05) is 0 Å². The minimum atomic E-state index is 0.115. The van der Waals surface area contributed by atoms with Crippen LogP contribution in [0.5, 0.6) is 0 Å². The van der Waals surface area contributed by atoms with Crippen LogP contribution >= 0.6 is 0 Å². The van der Waals surface area contributed by atoms with Crippen molar-refractivity contribution in [1.82, 2.24) is 4.98 Å². The van der Waals surface area contributed by atoms with Crippen LogP contribution in [0.3, 0.4) is 0 Å². The minimum absolute atomic E-state index is 0.115. The fraction of sp³-hybridized carbons (Fsp3) is 0.567. The molecule has 180 valence electrons. The number of rotatable bonds is 19. The number of aromatic nitrogens is 2. The lowest BCUT2D eigenvalue weighted by atomic mass is 10.0. The van der Waals surface area contributed by atoms with E-state index < -0.39 is 0 Å². The van der Waals surface area contributed by atoms with E-state index in [1.165, 1.54) is 89.9 Å². The molecule has 0 aliphatic rings. The second-order valence-corrected chi connectivity index (χ2v) is 9.23. The van der Waals surface area contributed by atoms with Gasteiger partial charge >= 0.3 is 0 Å². The summed E-state index contributed by atoms with van der Waals surface area (Å²) in [6, 6.07) is 9.45. The number of carbonyl (C=O) groups is 1. The van der Waals surface area contributed by atoms with Gasteiger partial charge in [0.1, 0.15) is 5.69 Å². The van der Waals surface area contributed by atoms with Crippen LogP contribution in [0.4, 0.5) is 0 Å². The lowest BCUT2D eigenvalue weighted by molar-refractivity contribution is -0.683. The molecule has 0 fully saturated rings. The first-order valence-electron chi connectivity index (χ1n) is 13.4. The highest BCUT2D eigenvalue weighted by molar-refractivity contribution is 5.94. The number of allylic oxidation sites excluding steroid dienone is 1. The summed E-state index contributed by atoms with van der Waals surface area (Å²) in [5, 5.41) is 0. The van der Waals surface area contributed by atoms with Gasteiger partial charge in [-0.05, 0) is 18.9 Å². The van der Waals surface area contributed by atoms with Gasteiger partial charge in [0.2, 0.25) is 12.3 Å². The number of hydrogen-bond acceptors (Lipinski definition) is 2. The summed E-state index contributed by atoms with van der Waals surface area (Å²) in [5.41, 5.74) is 1.65. The van der Waals surface area contributed by atoms with Crippen molar-refractivity contribution in [2.45, 2.75) is 110 Å². The van der Waals surface area contributed by atoms with Gasteiger partial charge in [-0.1, -0.05) is 127 Å². The molecular weight excluding hydrogens is 404 g/mol. The van der Waals surface area contributed by atoms with Crippen LogP contribution in [0.25, 0.3) is 6.08 Å². The first-order chi connectivity index (χ1) is 16.3. The molecule has 1 aromatic heterocycles. The molecule has 0 aliphatic heterocycles. The standard InChI is InChI=1S/C30H45N2O/c1-2-3-4-5-6-7-8-9-10-11-12-13-14-15-16-20-23-29-26-32(25-24-31-29)27-30(33)28-21-18-17-19-22-28/h17-26H,2-16,27H2,1H3/q+1. The predicted molar refractivity (Wildman–Crippen MR) is 139 cm³/mol. The third-order valence-electron chi connectivity index (χ3n) is 6.21. The number of Topliss-reactive ketones (excluding diaryl/α,β-unsaturated/α-hetero) is 1. The Kier molecular flexibility index (Phi) is 14.8. The third kappa shape index (κ3) is 13.1. The molecule has 0 amide bonds.